The van der Waals surface area contributed by atoms with Gasteiger partial charge in [-0.15, -0.1) is 24.0 Å². The highest BCUT2D eigenvalue weighted by Gasteiger charge is 2.21. The van der Waals surface area contributed by atoms with E-state index in [1.165, 1.54) is 5.56 Å². The Morgan fingerprint density at radius 3 is 2.85 bits per heavy atom. The van der Waals surface area contributed by atoms with E-state index in [0.717, 1.165) is 37.3 Å². The number of furan rings is 1. The quantitative estimate of drug-likeness (QED) is 0.402. The summed E-state index contributed by atoms with van der Waals surface area (Å²) < 4.78 is 5.30. The Bertz CT molecular complexity index is 731. The molecule has 0 unspecified atom stereocenters. The Balaban J connectivity index is 0.00000243. The lowest BCUT2D eigenvalue weighted by Gasteiger charge is -2.29. The number of nitrogens with zero attached hydrogens (tertiary/aromatic N) is 2. The number of guanidine groups is 1. The molecular weight excluding hydrogens is 443 g/mol. The SMILES string of the molecule is CN=C(NCCc1ccco1)NCC(=O)N1CCCc2ccccc21.I. The van der Waals surface area contributed by atoms with E-state index >= 15 is 0 Å². The van der Waals surface area contributed by atoms with Gasteiger partial charge in [-0.25, -0.2) is 0 Å². The average molecular weight is 468 g/mol. The van der Waals surface area contributed by atoms with Crippen LogP contribution >= 0.6 is 24.0 Å². The van der Waals surface area contributed by atoms with Crippen molar-refractivity contribution in [3.8, 4) is 0 Å². The van der Waals surface area contributed by atoms with Gasteiger partial charge in [-0.3, -0.25) is 9.79 Å². The molecular formula is C19H25IN4O2. The summed E-state index contributed by atoms with van der Waals surface area (Å²) in [4.78, 5) is 18.6. The van der Waals surface area contributed by atoms with Crippen LogP contribution in [0.5, 0.6) is 0 Å². The first-order valence-corrected chi connectivity index (χ1v) is 8.63. The number of nitrogens with one attached hydrogen (secondary N) is 2. The molecule has 0 saturated carbocycles. The van der Waals surface area contributed by atoms with E-state index in [9.17, 15) is 4.79 Å². The molecule has 2 aromatic rings. The molecule has 0 atom stereocenters. The van der Waals surface area contributed by atoms with E-state index in [2.05, 4.69) is 21.7 Å². The van der Waals surface area contributed by atoms with Gasteiger partial charge in [-0.05, 0) is 36.6 Å². The van der Waals surface area contributed by atoms with E-state index in [-0.39, 0.29) is 36.4 Å². The molecule has 0 aliphatic carbocycles. The molecule has 0 bridgehead atoms. The Morgan fingerprint density at radius 1 is 1.23 bits per heavy atom. The highest BCUT2D eigenvalue weighted by Crippen LogP contribution is 2.26. The van der Waals surface area contributed by atoms with Crippen molar-refractivity contribution in [2.75, 3.05) is 31.6 Å². The number of para-hydroxylation sites is 1. The Morgan fingerprint density at radius 2 is 2.08 bits per heavy atom. The molecule has 1 amide bonds. The maximum atomic E-state index is 12.6. The number of carbonyl (C=O) groups is 1. The summed E-state index contributed by atoms with van der Waals surface area (Å²) in [5, 5.41) is 6.29. The third-order valence-electron chi connectivity index (χ3n) is 4.29. The molecule has 1 aliphatic heterocycles. The molecule has 0 fully saturated rings. The Kier molecular flexibility index (Phi) is 7.96. The molecule has 3 rings (SSSR count). The zero-order chi connectivity index (χ0) is 17.5. The summed E-state index contributed by atoms with van der Waals surface area (Å²) in [7, 11) is 1.70. The summed E-state index contributed by atoms with van der Waals surface area (Å²) in [6.45, 7) is 1.67. The molecule has 26 heavy (non-hydrogen) atoms. The minimum atomic E-state index is 0. The summed E-state index contributed by atoms with van der Waals surface area (Å²) in [6, 6.07) is 11.9. The van der Waals surface area contributed by atoms with Gasteiger partial charge in [-0.2, -0.15) is 0 Å². The number of benzene rings is 1. The number of fused-ring (bicyclic) bond motifs is 1. The summed E-state index contributed by atoms with van der Waals surface area (Å²) in [6.07, 6.45) is 4.46. The molecule has 2 heterocycles. The standard InChI is InChI=1S/C19H24N4O2.HI/c1-20-19(21-11-10-16-8-5-13-25-16)22-14-18(24)23-12-4-7-15-6-2-3-9-17(15)23;/h2-3,5-6,8-9,13H,4,7,10-12,14H2,1H3,(H2,20,21,22);1H. The summed E-state index contributed by atoms with van der Waals surface area (Å²) >= 11 is 0. The predicted molar refractivity (Wildman–Crippen MR) is 114 cm³/mol. The molecule has 1 aromatic carbocycles. The van der Waals surface area contributed by atoms with Crippen molar-refractivity contribution in [2.45, 2.75) is 19.3 Å². The van der Waals surface area contributed by atoms with Crippen molar-refractivity contribution in [2.24, 2.45) is 4.99 Å². The normalized spacial score (nSPS) is 13.6. The molecule has 140 valence electrons. The first-order chi connectivity index (χ1) is 12.3. The second-order valence-corrected chi connectivity index (χ2v) is 5.96. The summed E-state index contributed by atoms with van der Waals surface area (Å²) in [5.41, 5.74) is 2.27. The second kappa shape index (κ2) is 10.2. The fourth-order valence-corrected chi connectivity index (χ4v) is 3.03. The van der Waals surface area contributed by atoms with Gasteiger partial charge in [0.05, 0.1) is 12.8 Å². The minimum Gasteiger partial charge on any atom is -0.469 e. The number of amides is 1. The number of anilines is 1. The van der Waals surface area contributed by atoms with Crippen LogP contribution in [0.3, 0.4) is 0 Å². The van der Waals surface area contributed by atoms with Crippen molar-refractivity contribution in [1.82, 2.24) is 10.6 Å². The van der Waals surface area contributed by atoms with E-state index in [1.54, 1.807) is 13.3 Å². The van der Waals surface area contributed by atoms with Crippen LogP contribution in [0, 0.1) is 0 Å². The average Bonchev–Trinajstić information content (AvgIpc) is 3.17. The molecule has 1 aromatic heterocycles. The maximum absolute atomic E-state index is 12.6. The second-order valence-electron chi connectivity index (χ2n) is 5.96. The van der Waals surface area contributed by atoms with Crippen LogP contribution in [0.15, 0.2) is 52.1 Å². The highest BCUT2D eigenvalue weighted by molar-refractivity contribution is 14.0. The van der Waals surface area contributed by atoms with Gasteiger partial charge in [0.15, 0.2) is 5.96 Å². The molecule has 1 aliphatic rings. The number of hydrogen-bond donors (Lipinski definition) is 2. The topological polar surface area (TPSA) is 69.9 Å². The molecule has 6 nitrogen and oxygen atoms in total. The van der Waals surface area contributed by atoms with Gasteiger partial charge in [0.2, 0.25) is 5.91 Å². The fourth-order valence-electron chi connectivity index (χ4n) is 3.03. The zero-order valence-corrected chi connectivity index (χ0v) is 17.2. The van der Waals surface area contributed by atoms with Crippen molar-refractivity contribution < 1.29 is 9.21 Å². The molecule has 0 radical (unpaired) electrons. The predicted octanol–water partition coefficient (Wildman–Crippen LogP) is 2.58. The lowest BCUT2D eigenvalue weighted by Crippen LogP contribution is -2.46. The lowest BCUT2D eigenvalue weighted by molar-refractivity contribution is -0.117. The van der Waals surface area contributed by atoms with E-state index in [0.29, 0.717) is 12.5 Å². The number of hydrogen-bond acceptors (Lipinski definition) is 3. The number of halogens is 1. The number of aliphatic imine (C=N–C) groups is 1. The third kappa shape index (κ3) is 5.23. The zero-order valence-electron chi connectivity index (χ0n) is 14.9. The third-order valence-corrected chi connectivity index (χ3v) is 4.29. The van der Waals surface area contributed by atoms with Gasteiger partial charge in [0.1, 0.15) is 5.76 Å². The van der Waals surface area contributed by atoms with E-state index < -0.39 is 0 Å². The molecule has 0 saturated heterocycles. The monoisotopic (exact) mass is 468 g/mol. The molecule has 0 spiro atoms. The van der Waals surface area contributed by atoms with Gasteiger partial charge in [-0.1, -0.05) is 18.2 Å². The number of rotatable bonds is 5. The van der Waals surface area contributed by atoms with Crippen LogP contribution in [0.2, 0.25) is 0 Å². The smallest absolute Gasteiger partial charge is 0.246 e. The van der Waals surface area contributed by atoms with Gasteiger partial charge < -0.3 is 20.0 Å². The van der Waals surface area contributed by atoms with Crippen LogP contribution in [0.25, 0.3) is 0 Å². The van der Waals surface area contributed by atoms with Crippen molar-refractivity contribution in [3.63, 3.8) is 0 Å². The van der Waals surface area contributed by atoms with Crippen LogP contribution in [0.1, 0.15) is 17.7 Å². The van der Waals surface area contributed by atoms with Gasteiger partial charge >= 0.3 is 0 Å². The first-order valence-electron chi connectivity index (χ1n) is 8.63. The lowest BCUT2D eigenvalue weighted by atomic mass is 10.0. The highest BCUT2D eigenvalue weighted by atomic mass is 127. The van der Waals surface area contributed by atoms with Crippen molar-refractivity contribution in [3.05, 3.63) is 54.0 Å². The molecule has 2 N–H and O–H groups in total. The van der Waals surface area contributed by atoms with Crippen LogP contribution < -0.4 is 15.5 Å². The number of aryl methyl sites for hydroxylation is 1. The number of carbonyl (C=O) groups excluding carboxylic acids is 1. The fraction of sp³-hybridized carbons (Fsp3) is 0.368. The molecule has 7 heteroatoms. The van der Waals surface area contributed by atoms with Gasteiger partial charge in [0.25, 0.3) is 0 Å². The Hall–Kier alpha value is -2.03. The largest absolute Gasteiger partial charge is 0.469 e. The van der Waals surface area contributed by atoms with Crippen LogP contribution in [-0.4, -0.2) is 38.5 Å². The van der Waals surface area contributed by atoms with E-state index in [1.807, 2.05) is 35.2 Å². The van der Waals surface area contributed by atoms with Crippen LogP contribution in [-0.2, 0) is 17.6 Å². The Labute approximate surface area is 171 Å². The van der Waals surface area contributed by atoms with Gasteiger partial charge in [0, 0.05) is 32.2 Å². The summed E-state index contributed by atoms with van der Waals surface area (Å²) in [5.74, 6) is 1.59. The van der Waals surface area contributed by atoms with Crippen LogP contribution in [0.4, 0.5) is 5.69 Å². The maximum Gasteiger partial charge on any atom is 0.246 e. The van der Waals surface area contributed by atoms with Crippen molar-refractivity contribution >= 4 is 41.5 Å². The van der Waals surface area contributed by atoms with E-state index in [4.69, 9.17) is 4.42 Å². The first kappa shape index (κ1) is 20.3. The minimum absolute atomic E-state index is 0. The van der Waals surface area contributed by atoms with Crippen molar-refractivity contribution in [1.29, 1.82) is 0 Å².